The molecule has 0 fully saturated rings. The van der Waals surface area contributed by atoms with Crippen molar-refractivity contribution in [1.29, 1.82) is 0 Å². The van der Waals surface area contributed by atoms with Crippen LogP contribution in [0, 0.1) is 11.3 Å². The summed E-state index contributed by atoms with van der Waals surface area (Å²) >= 11 is 0. The van der Waals surface area contributed by atoms with E-state index in [0.29, 0.717) is 6.42 Å². The van der Waals surface area contributed by atoms with Gasteiger partial charge in [-0.2, -0.15) is 0 Å². The molecule has 0 aliphatic rings. The molecular weight excluding hydrogens is 200 g/mol. The first-order valence-electron chi connectivity index (χ1n) is 5.81. The topological polar surface area (TPSA) is 37.3 Å². The highest BCUT2D eigenvalue weighted by molar-refractivity contribution is 5.69. The van der Waals surface area contributed by atoms with Gasteiger partial charge in [-0.15, -0.1) is 0 Å². The number of rotatable bonds is 6. The summed E-state index contributed by atoms with van der Waals surface area (Å²) in [7, 11) is 0. The molecule has 0 unspecified atom stereocenters. The van der Waals surface area contributed by atoms with Crippen molar-refractivity contribution in [3.05, 3.63) is 23.8 Å². The van der Waals surface area contributed by atoms with Crippen molar-refractivity contribution in [2.75, 3.05) is 0 Å². The predicted octanol–water partition coefficient (Wildman–Crippen LogP) is 4.04. The molecule has 0 aromatic heterocycles. The van der Waals surface area contributed by atoms with E-state index in [1.807, 2.05) is 6.92 Å². The molecule has 0 aliphatic carbocycles. The minimum atomic E-state index is -0.717. The van der Waals surface area contributed by atoms with E-state index >= 15 is 0 Å². The van der Waals surface area contributed by atoms with Crippen molar-refractivity contribution >= 4 is 5.97 Å². The van der Waals surface area contributed by atoms with Gasteiger partial charge in [0, 0.05) is 0 Å². The summed E-state index contributed by atoms with van der Waals surface area (Å²) in [6.07, 6.45) is 7.97. The zero-order valence-electron chi connectivity index (χ0n) is 11.1. The Hall–Kier alpha value is -1.05. The summed E-state index contributed by atoms with van der Waals surface area (Å²) in [5.41, 5.74) is 1.28. The second-order valence-corrected chi connectivity index (χ2v) is 5.17. The van der Waals surface area contributed by atoms with Gasteiger partial charge < -0.3 is 5.11 Å². The van der Waals surface area contributed by atoms with Crippen LogP contribution >= 0.6 is 0 Å². The van der Waals surface area contributed by atoms with Crippen LogP contribution in [0.5, 0.6) is 0 Å². The standard InChI is InChI=1S/C14H24O2/c1-6-11(2)8-7-9-14(4,5)10-12(3)13(15)16/h6-7,9,12H,8,10H2,1-5H3,(H,15,16)/b9-7-,11-6+/t12-/m1/s1. The van der Waals surface area contributed by atoms with E-state index in [-0.39, 0.29) is 11.3 Å². The van der Waals surface area contributed by atoms with Crippen LogP contribution in [0.15, 0.2) is 23.8 Å². The predicted molar refractivity (Wildman–Crippen MR) is 68.4 cm³/mol. The summed E-state index contributed by atoms with van der Waals surface area (Å²) in [6.45, 7) is 10.0. The lowest BCUT2D eigenvalue weighted by Crippen LogP contribution is -2.18. The van der Waals surface area contributed by atoms with Gasteiger partial charge in [0.1, 0.15) is 0 Å². The summed E-state index contributed by atoms with van der Waals surface area (Å²) in [4.78, 5) is 10.8. The van der Waals surface area contributed by atoms with Crippen LogP contribution in [0.2, 0.25) is 0 Å². The van der Waals surface area contributed by atoms with E-state index in [2.05, 4.69) is 39.0 Å². The molecule has 2 nitrogen and oxygen atoms in total. The Bertz CT molecular complexity index is 285. The Morgan fingerprint density at radius 3 is 2.44 bits per heavy atom. The van der Waals surface area contributed by atoms with Gasteiger partial charge in [0.2, 0.25) is 0 Å². The van der Waals surface area contributed by atoms with Crippen molar-refractivity contribution in [2.45, 2.75) is 47.5 Å². The van der Waals surface area contributed by atoms with Gasteiger partial charge in [-0.1, -0.05) is 44.6 Å². The summed E-state index contributed by atoms with van der Waals surface area (Å²) < 4.78 is 0. The highest BCUT2D eigenvalue weighted by Crippen LogP contribution is 2.27. The van der Waals surface area contributed by atoms with Crippen molar-refractivity contribution in [3.8, 4) is 0 Å². The third-order valence-corrected chi connectivity index (χ3v) is 2.76. The smallest absolute Gasteiger partial charge is 0.306 e. The maximum Gasteiger partial charge on any atom is 0.306 e. The van der Waals surface area contributed by atoms with Gasteiger partial charge in [-0.05, 0) is 32.1 Å². The van der Waals surface area contributed by atoms with Crippen LogP contribution in [0.1, 0.15) is 47.5 Å². The van der Waals surface area contributed by atoms with Crippen molar-refractivity contribution in [1.82, 2.24) is 0 Å². The third-order valence-electron chi connectivity index (χ3n) is 2.76. The molecule has 0 aliphatic heterocycles. The number of aliphatic carboxylic acids is 1. The van der Waals surface area contributed by atoms with Gasteiger partial charge in [0.05, 0.1) is 5.92 Å². The van der Waals surface area contributed by atoms with E-state index in [1.54, 1.807) is 6.92 Å². The van der Waals surface area contributed by atoms with Gasteiger partial charge in [0.15, 0.2) is 0 Å². The molecule has 92 valence electrons. The van der Waals surface area contributed by atoms with Crippen LogP contribution in [-0.2, 0) is 4.79 Å². The highest BCUT2D eigenvalue weighted by atomic mass is 16.4. The molecule has 0 saturated carbocycles. The van der Waals surface area contributed by atoms with Crippen LogP contribution in [-0.4, -0.2) is 11.1 Å². The Morgan fingerprint density at radius 2 is 2.00 bits per heavy atom. The number of carboxylic acid groups (broad SMARTS) is 1. The summed E-state index contributed by atoms with van der Waals surface area (Å²) in [5.74, 6) is -1.01. The number of carboxylic acids is 1. The lowest BCUT2D eigenvalue weighted by molar-refractivity contribution is -0.141. The van der Waals surface area contributed by atoms with E-state index in [0.717, 1.165) is 6.42 Å². The monoisotopic (exact) mass is 224 g/mol. The first-order valence-corrected chi connectivity index (χ1v) is 5.81. The second kappa shape index (κ2) is 6.51. The number of hydrogen-bond acceptors (Lipinski definition) is 1. The fourth-order valence-electron chi connectivity index (χ4n) is 1.63. The fourth-order valence-corrected chi connectivity index (χ4v) is 1.63. The Labute approximate surface area is 99.1 Å². The Balaban J connectivity index is 4.28. The van der Waals surface area contributed by atoms with E-state index < -0.39 is 5.97 Å². The lowest BCUT2D eigenvalue weighted by Gasteiger charge is -2.22. The summed E-state index contributed by atoms with van der Waals surface area (Å²) in [6, 6.07) is 0. The molecule has 0 rings (SSSR count). The van der Waals surface area contributed by atoms with E-state index in [1.165, 1.54) is 5.57 Å². The molecule has 0 saturated heterocycles. The molecule has 16 heavy (non-hydrogen) atoms. The fraction of sp³-hybridized carbons (Fsp3) is 0.643. The third kappa shape index (κ3) is 6.44. The first-order chi connectivity index (χ1) is 7.28. The molecule has 0 aromatic carbocycles. The van der Waals surface area contributed by atoms with Crippen molar-refractivity contribution < 1.29 is 9.90 Å². The molecule has 0 heterocycles. The highest BCUT2D eigenvalue weighted by Gasteiger charge is 2.21. The quantitative estimate of drug-likeness (QED) is 0.691. The second-order valence-electron chi connectivity index (χ2n) is 5.17. The average Bonchev–Trinajstić information content (AvgIpc) is 2.16. The Morgan fingerprint density at radius 1 is 1.44 bits per heavy atom. The van der Waals surface area contributed by atoms with Crippen molar-refractivity contribution in [3.63, 3.8) is 0 Å². The minimum absolute atomic E-state index is 0.0498. The molecule has 0 amide bonds. The zero-order valence-corrected chi connectivity index (χ0v) is 11.1. The van der Waals surface area contributed by atoms with Crippen LogP contribution in [0.4, 0.5) is 0 Å². The van der Waals surface area contributed by atoms with Crippen molar-refractivity contribution in [2.24, 2.45) is 11.3 Å². The van der Waals surface area contributed by atoms with Gasteiger partial charge in [-0.3, -0.25) is 4.79 Å². The van der Waals surface area contributed by atoms with Gasteiger partial charge >= 0.3 is 5.97 Å². The molecule has 1 atom stereocenters. The zero-order chi connectivity index (χ0) is 12.8. The van der Waals surface area contributed by atoms with Crippen LogP contribution < -0.4 is 0 Å². The normalized spacial score (nSPS) is 15.4. The number of carbonyl (C=O) groups is 1. The maximum atomic E-state index is 10.8. The SMILES string of the molecule is C/C=C(\C)C/C=C\C(C)(C)C[C@@H](C)C(=O)O. The maximum absolute atomic E-state index is 10.8. The van der Waals surface area contributed by atoms with Gasteiger partial charge in [0.25, 0.3) is 0 Å². The molecule has 2 heteroatoms. The van der Waals surface area contributed by atoms with E-state index in [9.17, 15) is 4.79 Å². The largest absolute Gasteiger partial charge is 0.481 e. The number of hydrogen-bond donors (Lipinski definition) is 1. The molecule has 0 aromatic rings. The molecular formula is C14H24O2. The molecule has 0 bridgehead atoms. The first kappa shape index (κ1) is 14.9. The average molecular weight is 224 g/mol. The van der Waals surface area contributed by atoms with Gasteiger partial charge in [-0.25, -0.2) is 0 Å². The molecule has 0 spiro atoms. The number of allylic oxidation sites excluding steroid dienone is 4. The van der Waals surface area contributed by atoms with E-state index in [4.69, 9.17) is 5.11 Å². The lowest BCUT2D eigenvalue weighted by atomic mass is 9.83. The molecule has 1 N–H and O–H groups in total. The molecule has 0 radical (unpaired) electrons. The van der Waals surface area contributed by atoms with Crippen LogP contribution in [0.3, 0.4) is 0 Å². The summed E-state index contributed by atoms with van der Waals surface area (Å²) in [5, 5.41) is 8.86. The van der Waals surface area contributed by atoms with Crippen LogP contribution in [0.25, 0.3) is 0 Å². The Kier molecular flexibility index (Phi) is 6.09. The minimum Gasteiger partial charge on any atom is -0.481 e.